The Labute approximate surface area is 121 Å². The van der Waals surface area contributed by atoms with Crippen molar-refractivity contribution in [2.75, 3.05) is 17.6 Å². The number of aromatic nitrogens is 2. The maximum atomic E-state index is 11.8. The summed E-state index contributed by atoms with van der Waals surface area (Å²) in [5.74, 6) is 0.0616. The predicted octanol–water partition coefficient (Wildman–Crippen LogP) is 0.284. The third kappa shape index (κ3) is 3.14. The van der Waals surface area contributed by atoms with E-state index in [4.69, 9.17) is 5.73 Å². The van der Waals surface area contributed by atoms with Gasteiger partial charge < -0.3 is 16.2 Å². The molecule has 7 heteroatoms. The van der Waals surface area contributed by atoms with Crippen LogP contribution in [-0.2, 0) is 6.54 Å². The molecule has 0 spiro atoms. The van der Waals surface area contributed by atoms with Gasteiger partial charge in [0.1, 0.15) is 11.5 Å². The van der Waals surface area contributed by atoms with Crippen molar-refractivity contribution in [1.82, 2.24) is 9.55 Å². The standard InChI is InChI=1S/C14H18N4O3/c1-2-18-12(15)11(13(20)17-14(18)21)16-8-10(19)9-6-4-3-5-7-9/h3-7,10,16,19H,2,8,15H2,1H3,(H,17,20,21). The van der Waals surface area contributed by atoms with Gasteiger partial charge in [-0.15, -0.1) is 0 Å². The second-order valence-corrected chi connectivity index (χ2v) is 4.57. The summed E-state index contributed by atoms with van der Waals surface area (Å²) in [6, 6.07) is 9.05. The highest BCUT2D eigenvalue weighted by atomic mass is 16.3. The Kier molecular flexibility index (Phi) is 4.44. The molecule has 0 aliphatic rings. The number of hydrogen-bond acceptors (Lipinski definition) is 5. The Balaban J connectivity index is 2.21. The molecule has 0 fully saturated rings. The van der Waals surface area contributed by atoms with E-state index in [2.05, 4.69) is 10.3 Å². The average Bonchev–Trinajstić information content (AvgIpc) is 2.47. The summed E-state index contributed by atoms with van der Waals surface area (Å²) in [5.41, 5.74) is 5.49. The number of H-pyrrole nitrogens is 1. The highest BCUT2D eigenvalue weighted by Gasteiger charge is 2.13. The van der Waals surface area contributed by atoms with Crippen LogP contribution in [0, 0.1) is 0 Å². The molecule has 1 heterocycles. The summed E-state index contributed by atoms with van der Waals surface area (Å²) in [6.45, 7) is 2.20. The van der Waals surface area contributed by atoms with Crippen molar-refractivity contribution in [1.29, 1.82) is 0 Å². The van der Waals surface area contributed by atoms with Gasteiger partial charge in [-0.25, -0.2) is 4.79 Å². The number of hydrogen-bond donors (Lipinski definition) is 4. The number of benzene rings is 1. The number of aliphatic hydroxyl groups is 1. The Hall–Kier alpha value is -2.54. The number of aromatic amines is 1. The molecule has 2 aromatic rings. The van der Waals surface area contributed by atoms with Crippen LogP contribution in [0.5, 0.6) is 0 Å². The fourth-order valence-corrected chi connectivity index (χ4v) is 2.06. The summed E-state index contributed by atoms with van der Waals surface area (Å²) in [7, 11) is 0. The molecule has 0 radical (unpaired) electrons. The third-order valence-corrected chi connectivity index (χ3v) is 3.21. The molecule has 7 nitrogen and oxygen atoms in total. The van der Waals surface area contributed by atoms with Crippen molar-refractivity contribution in [3.05, 3.63) is 56.7 Å². The lowest BCUT2D eigenvalue weighted by Crippen LogP contribution is -2.34. The number of nitrogen functional groups attached to an aromatic ring is 1. The predicted molar refractivity (Wildman–Crippen MR) is 81.3 cm³/mol. The lowest BCUT2D eigenvalue weighted by Gasteiger charge is -2.15. The molecule has 1 aromatic carbocycles. The number of aliphatic hydroxyl groups excluding tert-OH is 1. The third-order valence-electron chi connectivity index (χ3n) is 3.21. The Morgan fingerprint density at radius 3 is 2.62 bits per heavy atom. The van der Waals surface area contributed by atoms with E-state index in [0.717, 1.165) is 5.56 Å². The highest BCUT2D eigenvalue weighted by molar-refractivity contribution is 5.60. The van der Waals surface area contributed by atoms with Gasteiger partial charge in [-0.05, 0) is 12.5 Å². The first-order valence-electron chi connectivity index (χ1n) is 6.64. The second-order valence-electron chi connectivity index (χ2n) is 4.57. The molecule has 21 heavy (non-hydrogen) atoms. The van der Waals surface area contributed by atoms with Crippen LogP contribution in [0.1, 0.15) is 18.6 Å². The van der Waals surface area contributed by atoms with Crippen molar-refractivity contribution in [2.45, 2.75) is 19.6 Å². The lowest BCUT2D eigenvalue weighted by molar-refractivity contribution is 0.191. The van der Waals surface area contributed by atoms with Crippen molar-refractivity contribution < 1.29 is 5.11 Å². The minimum Gasteiger partial charge on any atom is -0.387 e. The molecule has 0 bridgehead atoms. The molecule has 0 amide bonds. The number of rotatable bonds is 5. The Morgan fingerprint density at radius 2 is 2.00 bits per heavy atom. The van der Waals surface area contributed by atoms with E-state index >= 15 is 0 Å². The van der Waals surface area contributed by atoms with E-state index in [1.54, 1.807) is 19.1 Å². The van der Waals surface area contributed by atoms with Gasteiger partial charge in [-0.3, -0.25) is 14.3 Å². The monoisotopic (exact) mass is 290 g/mol. The first-order chi connectivity index (χ1) is 10.0. The zero-order valence-electron chi connectivity index (χ0n) is 11.7. The van der Waals surface area contributed by atoms with E-state index in [0.29, 0.717) is 6.54 Å². The van der Waals surface area contributed by atoms with Gasteiger partial charge in [0.15, 0.2) is 0 Å². The topological polar surface area (TPSA) is 113 Å². The molecule has 2 rings (SSSR count). The zero-order chi connectivity index (χ0) is 15.4. The maximum absolute atomic E-state index is 11.8. The summed E-state index contributed by atoms with van der Waals surface area (Å²) < 4.78 is 1.25. The van der Waals surface area contributed by atoms with Gasteiger partial charge in [0.2, 0.25) is 0 Å². The van der Waals surface area contributed by atoms with E-state index in [1.165, 1.54) is 4.57 Å². The van der Waals surface area contributed by atoms with Crippen molar-refractivity contribution in [3.8, 4) is 0 Å². The van der Waals surface area contributed by atoms with E-state index < -0.39 is 17.4 Å². The van der Waals surface area contributed by atoms with Gasteiger partial charge in [0.05, 0.1) is 6.10 Å². The second kappa shape index (κ2) is 6.27. The molecule has 1 unspecified atom stereocenters. The van der Waals surface area contributed by atoms with Crippen molar-refractivity contribution >= 4 is 11.5 Å². The molecule has 1 aromatic heterocycles. The van der Waals surface area contributed by atoms with Crippen LogP contribution >= 0.6 is 0 Å². The van der Waals surface area contributed by atoms with E-state index in [-0.39, 0.29) is 18.1 Å². The average molecular weight is 290 g/mol. The zero-order valence-corrected chi connectivity index (χ0v) is 11.7. The van der Waals surface area contributed by atoms with Crippen LogP contribution in [0.25, 0.3) is 0 Å². The fraction of sp³-hybridized carbons (Fsp3) is 0.286. The molecular formula is C14H18N4O3. The van der Waals surface area contributed by atoms with Crippen molar-refractivity contribution in [2.24, 2.45) is 0 Å². The lowest BCUT2D eigenvalue weighted by atomic mass is 10.1. The minimum absolute atomic E-state index is 0.0616. The number of nitrogens with one attached hydrogen (secondary N) is 2. The van der Waals surface area contributed by atoms with Crippen LogP contribution in [-0.4, -0.2) is 21.2 Å². The quantitative estimate of drug-likeness (QED) is 0.632. The first kappa shape index (κ1) is 14.9. The molecule has 0 aliphatic heterocycles. The first-order valence-corrected chi connectivity index (χ1v) is 6.64. The fourth-order valence-electron chi connectivity index (χ4n) is 2.06. The molecule has 0 saturated carbocycles. The summed E-state index contributed by atoms with van der Waals surface area (Å²) >= 11 is 0. The largest absolute Gasteiger partial charge is 0.387 e. The van der Waals surface area contributed by atoms with Crippen LogP contribution in [0.15, 0.2) is 39.9 Å². The molecular weight excluding hydrogens is 272 g/mol. The van der Waals surface area contributed by atoms with Gasteiger partial charge in [0.25, 0.3) is 5.56 Å². The van der Waals surface area contributed by atoms with E-state index in [9.17, 15) is 14.7 Å². The summed E-state index contributed by atoms with van der Waals surface area (Å²) in [6.07, 6.45) is -0.785. The van der Waals surface area contributed by atoms with Gasteiger partial charge in [-0.2, -0.15) is 0 Å². The number of nitrogens with zero attached hydrogens (tertiary/aromatic N) is 1. The SMILES string of the molecule is CCn1c(N)c(NCC(O)c2ccccc2)c(=O)[nH]c1=O. The van der Waals surface area contributed by atoms with Gasteiger partial charge in [-0.1, -0.05) is 30.3 Å². The van der Waals surface area contributed by atoms with Crippen LogP contribution in [0.4, 0.5) is 11.5 Å². The Bertz CT molecular complexity index is 721. The van der Waals surface area contributed by atoms with Gasteiger partial charge >= 0.3 is 5.69 Å². The van der Waals surface area contributed by atoms with Crippen LogP contribution in [0.3, 0.4) is 0 Å². The summed E-state index contributed by atoms with van der Waals surface area (Å²) in [5, 5.41) is 12.9. The summed E-state index contributed by atoms with van der Waals surface area (Å²) in [4.78, 5) is 25.5. The highest BCUT2D eigenvalue weighted by Crippen LogP contribution is 2.15. The Morgan fingerprint density at radius 1 is 1.33 bits per heavy atom. The van der Waals surface area contributed by atoms with E-state index in [1.807, 2.05) is 18.2 Å². The molecule has 0 aliphatic carbocycles. The molecule has 5 N–H and O–H groups in total. The number of anilines is 2. The smallest absolute Gasteiger partial charge is 0.330 e. The maximum Gasteiger partial charge on any atom is 0.330 e. The van der Waals surface area contributed by atoms with Crippen LogP contribution < -0.4 is 22.3 Å². The minimum atomic E-state index is -0.785. The molecule has 0 saturated heterocycles. The van der Waals surface area contributed by atoms with Gasteiger partial charge in [0, 0.05) is 13.1 Å². The number of nitrogens with two attached hydrogens (primary N) is 1. The van der Waals surface area contributed by atoms with Crippen LogP contribution in [0.2, 0.25) is 0 Å². The molecule has 1 atom stereocenters. The molecule has 112 valence electrons. The van der Waals surface area contributed by atoms with Crippen molar-refractivity contribution in [3.63, 3.8) is 0 Å². The normalized spacial score (nSPS) is 12.1.